The van der Waals surface area contributed by atoms with Crippen molar-refractivity contribution in [3.05, 3.63) is 101 Å². The number of aromatic amines is 1. The van der Waals surface area contributed by atoms with Crippen molar-refractivity contribution < 1.29 is 4.79 Å². The first-order valence-electron chi connectivity index (χ1n) is 11.0. The number of rotatable bonds is 5. The van der Waals surface area contributed by atoms with E-state index in [1.807, 2.05) is 49.4 Å². The fourth-order valence-corrected chi connectivity index (χ4v) is 4.28. The van der Waals surface area contributed by atoms with E-state index in [1.165, 1.54) is 22.4 Å². The molecule has 1 amide bonds. The molecule has 0 fully saturated rings. The van der Waals surface area contributed by atoms with Crippen molar-refractivity contribution in [1.29, 1.82) is 0 Å². The maximum atomic E-state index is 12.5. The predicted octanol–water partition coefficient (Wildman–Crippen LogP) is 5.59. The number of para-hydroxylation sites is 1. The van der Waals surface area contributed by atoms with Crippen molar-refractivity contribution in [2.45, 2.75) is 26.3 Å². The molecule has 0 radical (unpaired) electrons. The molecule has 0 saturated heterocycles. The fourth-order valence-electron chi connectivity index (χ4n) is 4.28. The van der Waals surface area contributed by atoms with E-state index < -0.39 is 0 Å². The summed E-state index contributed by atoms with van der Waals surface area (Å²) in [4.78, 5) is 14.9. The summed E-state index contributed by atoms with van der Waals surface area (Å²) in [6.07, 6.45) is 2.22. The van der Waals surface area contributed by atoms with E-state index in [0.29, 0.717) is 5.56 Å². The maximum absolute atomic E-state index is 12.5. The Bertz CT molecular complexity index is 1230. The van der Waals surface area contributed by atoms with Crippen molar-refractivity contribution in [1.82, 2.24) is 10.2 Å². The van der Waals surface area contributed by atoms with Crippen LogP contribution in [0.4, 0.5) is 11.4 Å². The molecule has 0 atom stereocenters. The van der Waals surface area contributed by atoms with Gasteiger partial charge in [0.25, 0.3) is 5.91 Å². The summed E-state index contributed by atoms with van der Waals surface area (Å²) in [7, 11) is 0. The molecule has 2 N–H and O–H groups in total. The summed E-state index contributed by atoms with van der Waals surface area (Å²) < 4.78 is 0. The van der Waals surface area contributed by atoms with E-state index in [-0.39, 0.29) is 5.91 Å². The molecule has 4 aromatic rings. The number of carbonyl (C=O) groups is 1. The molecule has 0 saturated carbocycles. The lowest BCUT2D eigenvalue weighted by molar-refractivity contribution is 0.102. The van der Waals surface area contributed by atoms with Crippen LogP contribution in [-0.4, -0.2) is 22.6 Å². The van der Waals surface area contributed by atoms with Gasteiger partial charge in [-0.05, 0) is 78.9 Å². The highest BCUT2D eigenvalue weighted by Gasteiger charge is 2.18. The average Bonchev–Trinajstić information content (AvgIpc) is 3.26. The monoisotopic (exact) mass is 422 g/mol. The van der Waals surface area contributed by atoms with Crippen LogP contribution in [0.1, 0.15) is 33.6 Å². The van der Waals surface area contributed by atoms with Gasteiger partial charge >= 0.3 is 0 Å². The maximum Gasteiger partial charge on any atom is 0.255 e. The zero-order chi connectivity index (χ0) is 21.9. The molecule has 1 aromatic heterocycles. The lowest BCUT2D eigenvalue weighted by Crippen LogP contribution is -2.28. The second-order valence-electron chi connectivity index (χ2n) is 8.31. The number of carbonyl (C=O) groups excluding carboxylic acids is 1. The van der Waals surface area contributed by atoms with Crippen LogP contribution in [0, 0.1) is 6.92 Å². The summed E-state index contributed by atoms with van der Waals surface area (Å²) in [5, 5.41) is 10.3. The predicted molar refractivity (Wildman–Crippen MR) is 129 cm³/mol. The first-order valence-corrected chi connectivity index (χ1v) is 11.0. The number of nitrogens with one attached hydrogen (secondary N) is 2. The highest BCUT2D eigenvalue weighted by Crippen LogP contribution is 2.32. The van der Waals surface area contributed by atoms with Gasteiger partial charge in [-0.3, -0.25) is 9.89 Å². The van der Waals surface area contributed by atoms with E-state index in [4.69, 9.17) is 0 Å². The normalized spacial score (nSPS) is 13.0. The third-order valence-electron chi connectivity index (χ3n) is 5.93. The van der Waals surface area contributed by atoms with Gasteiger partial charge in [0, 0.05) is 30.0 Å². The Balaban J connectivity index is 1.29. The SMILES string of the molecule is Cc1cc(-c2ccc3c(c2)CCCN3Cc2ccc(C(=O)Nc3ccccc3)cc2)[nH]n1. The number of anilines is 2. The van der Waals surface area contributed by atoms with Crippen LogP contribution in [0.25, 0.3) is 11.3 Å². The van der Waals surface area contributed by atoms with Crippen molar-refractivity contribution in [2.75, 3.05) is 16.8 Å². The molecule has 1 aliphatic rings. The van der Waals surface area contributed by atoms with Gasteiger partial charge in [-0.1, -0.05) is 36.4 Å². The summed E-state index contributed by atoms with van der Waals surface area (Å²) in [5.74, 6) is -0.0901. The second-order valence-corrected chi connectivity index (χ2v) is 8.31. The number of amides is 1. The van der Waals surface area contributed by atoms with Crippen molar-refractivity contribution in [3.8, 4) is 11.3 Å². The quantitative estimate of drug-likeness (QED) is 0.441. The molecule has 5 rings (SSSR count). The molecule has 1 aliphatic heterocycles. The molecular weight excluding hydrogens is 396 g/mol. The molecule has 3 aromatic carbocycles. The lowest BCUT2D eigenvalue weighted by Gasteiger charge is -2.31. The Hall–Kier alpha value is -3.86. The minimum atomic E-state index is -0.0901. The number of aryl methyl sites for hydroxylation is 2. The lowest BCUT2D eigenvalue weighted by atomic mass is 9.97. The van der Waals surface area contributed by atoms with Gasteiger partial charge in [0.1, 0.15) is 0 Å². The number of H-pyrrole nitrogens is 1. The van der Waals surface area contributed by atoms with Crippen molar-refractivity contribution in [2.24, 2.45) is 0 Å². The van der Waals surface area contributed by atoms with Crippen LogP contribution in [0.2, 0.25) is 0 Å². The standard InChI is InChI=1S/C27H26N4O/c1-19-16-25(30-29-19)22-13-14-26-23(17-22)6-5-15-31(26)18-20-9-11-21(12-10-20)27(32)28-24-7-3-2-4-8-24/h2-4,7-14,16-17H,5-6,15,18H2,1H3,(H,28,32)(H,29,30). The molecule has 0 aliphatic carbocycles. The molecule has 0 spiro atoms. The Labute approximate surface area is 188 Å². The average molecular weight is 423 g/mol. The summed E-state index contributed by atoms with van der Waals surface area (Å²) in [6.45, 7) is 3.86. The largest absolute Gasteiger partial charge is 0.367 e. The second kappa shape index (κ2) is 8.71. The molecule has 32 heavy (non-hydrogen) atoms. The number of nitrogens with zero attached hydrogens (tertiary/aromatic N) is 2. The molecular formula is C27H26N4O. The van der Waals surface area contributed by atoms with E-state index in [1.54, 1.807) is 0 Å². The van der Waals surface area contributed by atoms with Crippen LogP contribution in [0.15, 0.2) is 78.9 Å². The Morgan fingerprint density at radius 3 is 2.59 bits per heavy atom. The molecule has 0 unspecified atom stereocenters. The summed E-state index contributed by atoms with van der Waals surface area (Å²) in [5.41, 5.74) is 8.57. The van der Waals surface area contributed by atoms with Gasteiger partial charge < -0.3 is 10.2 Å². The molecule has 2 heterocycles. The topological polar surface area (TPSA) is 61.0 Å². The van der Waals surface area contributed by atoms with Gasteiger partial charge in [0.15, 0.2) is 0 Å². The minimum Gasteiger partial charge on any atom is -0.367 e. The van der Waals surface area contributed by atoms with Gasteiger partial charge in [0.05, 0.1) is 11.4 Å². The number of aromatic nitrogens is 2. The van der Waals surface area contributed by atoms with Crippen LogP contribution < -0.4 is 10.2 Å². The molecule has 5 nitrogen and oxygen atoms in total. The van der Waals surface area contributed by atoms with Crippen LogP contribution >= 0.6 is 0 Å². The van der Waals surface area contributed by atoms with E-state index >= 15 is 0 Å². The molecule has 160 valence electrons. The minimum absolute atomic E-state index is 0.0901. The van der Waals surface area contributed by atoms with Gasteiger partial charge in [-0.25, -0.2) is 0 Å². The number of hydrogen-bond donors (Lipinski definition) is 2. The van der Waals surface area contributed by atoms with Gasteiger partial charge in [-0.2, -0.15) is 5.10 Å². The summed E-state index contributed by atoms with van der Waals surface area (Å²) >= 11 is 0. The third-order valence-corrected chi connectivity index (χ3v) is 5.93. The number of hydrogen-bond acceptors (Lipinski definition) is 3. The number of benzene rings is 3. The Kier molecular flexibility index (Phi) is 5.46. The van der Waals surface area contributed by atoms with Crippen LogP contribution in [0.5, 0.6) is 0 Å². The van der Waals surface area contributed by atoms with Crippen LogP contribution in [-0.2, 0) is 13.0 Å². The summed E-state index contributed by atoms with van der Waals surface area (Å²) in [6, 6.07) is 26.2. The number of fused-ring (bicyclic) bond motifs is 1. The Morgan fingerprint density at radius 2 is 1.84 bits per heavy atom. The first kappa shape index (κ1) is 20.1. The van der Waals surface area contributed by atoms with Gasteiger partial charge in [0.2, 0.25) is 0 Å². The third kappa shape index (κ3) is 4.28. The smallest absolute Gasteiger partial charge is 0.255 e. The van der Waals surface area contributed by atoms with E-state index in [0.717, 1.165) is 43.0 Å². The van der Waals surface area contributed by atoms with Crippen molar-refractivity contribution >= 4 is 17.3 Å². The fraction of sp³-hybridized carbons (Fsp3) is 0.185. The van der Waals surface area contributed by atoms with E-state index in [2.05, 4.69) is 56.8 Å². The highest BCUT2D eigenvalue weighted by atomic mass is 16.1. The molecule has 5 heteroatoms. The van der Waals surface area contributed by atoms with Crippen molar-refractivity contribution in [3.63, 3.8) is 0 Å². The Morgan fingerprint density at radius 1 is 1.03 bits per heavy atom. The van der Waals surface area contributed by atoms with Crippen LogP contribution in [0.3, 0.4) is 0 Å². The molecule has 0 bridgehead atoms. The van der Waals surface area contributed by atoms with Gasteiger partial charge in [-0.15, -0.1) is 0 Å². The highest BCUT2D eigenvalue weighted by molar-refractivity contribution is 6.04. The zero-order valence-electron chi connectivity index (χ0n) is 18.1. The van der Waals surface area contributed by atoms with E-state index in [9.17, 15) is 4.79 Å². The zero-order valence-corrected chi connectivity index (χ0v) is 18.1. The first-order chi connectivity index (χ1) is 15.7.